The van der Waals surface area contributed by atoms with Gasteiger partial charge in [-0.25, -0.2) is 14.6 Å². The number of rotatable bonds is 4. The highest BCUT2D eigenvalue weighted by atomic mass is 16.5. The first-order valence-corrected chi connectivity index (χ1v) is 4.97. The fourth-order valence-electron chi connectivity index (χ4n) is 1.22. The molecule has 6 nitrogen and oxygen atoms in total. The lowest BCUT2D eigenvalue weighted by atomic mass is 10.3. The maximum absolute atomic E-state index is 11.6. The van der Waals surface area contributed by atoms with Crippen LogP contribution in [0.5, 0.6) is 0 Å². The number of aryl methyl sites for hydroxylation is 1. The number of hydrogen-bond acceptors (Lipinski definition) is 5. The highest BCUT2D eigenvalue weighted by Gasteiger charge is 2.24. The Hall–Kier alpha value is -1.85. The van der Waals surface area contributed by atoms with Crippen LogP contribution in [0.3, 0.4) is 0 Å². The van der Waals surface area contributed by atoms with Crippen LogP contribution in [0.4, 0.5) is 0 Å². The van der Waals surface area contributed by atoms with Gasteiger partial charge in [0.1, 0.15) is 0 Å². The zero-order valence-electron chi connectivity index (χ0n) is 9.52. The Bertz CT molecular complexity index is 398. The Labute approximate surface area is 93.2 Å². The molecule has 1 rings (SSSR count). The SMILES string of the molecule is CCOC(=O)c1ncn(C)c1C(=O)OCC. The van der Waals surface area contributed by atoms with Gasteiger partial charge >= 0.3 is 11.9 Å². The molecule has 0 radical (unpaired) electrons. The number of carbonyl (C=O) groups excluding carboxylic acids is 2. The van der Waals surface area contributed by atoms with Crippen LogP contribution in [-0.4, -0.2) is 34.7 Å². The first-order valence-electron chi connectivity index (χ1n) is 4.97. The van der Waals surface area contributed by atoms with Crippen molar-refractivity contribution < 1.29 is 19.1 Å². The molecule has 0 fully saturated rings. The van der Waals surface area contributed by atoms with Gasteiger partial charge in [-0.15, -0.1) is 0 Å². The third-order valence-corrected chi connectivity index (χ3v) is 1.87. The average molecular weight is 226 g/mol. The topological polar surface area (TPSA) is 70.4 Å². The minimum Gasteiger partial charge on any atom is -0.461 e. The van der Waals surface area contributed by atoms with E-state index in [1.165, 1.54) is 10.9 Å². The van der Waals surface area contributed by atoms with Crippen LogP contribution in [0.1, 0.15) is 34.8 Å². The Balaban J connectivity index is 3.02. The molecule has 1 aromatic heterocycles. The van der Waals surface area contributed by atoms with E-state index in [4.69, 9.17) is 9.47 Å². The van der Waals surface area contributed by atoms with Gasteiger partial charge in [0.25, 0.3) is 0 Å². The van der Waals surface area contributed by atoms with E-state index < -0.39 is 11.9 Å². The van der Waals surface area contributed by atoms with Gasteiger partial charge in [0, 0.05) is 7.05 Å². The van der Waals surface area contributed by atoms with Crippen molar-refractivity contribution in [3.05, 3.63) is 17.7 Å². The Morgan fingerprint density at radius 1 is 1.25 bits per heavy atom. The van der Waals surface area contributed by atoms with Gasteiger partial charge in [-0.1, -0.05) is 0 Å². The first kappa shape index (κ1) is 12.2. The monoisotopic (exact) mass is 226 g/mol. The van der Waals surface area contributed by atoms with Crippen LogP contribution >= 0.6 is 0 Å². The number of carbonyl (C=O) groups is 2. The van der Waals surface area contributed by atoms with E-state index >= 15 is 0 Å². The number of nitrogens with zero attached hydrogens (tertiary/aromatic N) is 2. The molecule has 0 aliphatic heterocycles. The number of hydrogen-bond donors (Lipinski definition) is 0. The average Bonchev–Trinajstić information content (AvgIpc) is 2.61. The molecule has 16 heavy (non-hydrogen) atoms. The van der Waals surface area contributed by atoms with Crippen molar-refractivity contribution in [1.29, 1.82) is 0 Å². The summed E-state index contributed by atoms with van der Waals surface area (Å²) in [6.45, 7) is 3.85. The fourth-order valence-corrected chi connectivity index (χ4v) is 1.22. The molecule has 0 aliphatic carbocycles. The summed E-state index contributed by atoms with van der Waals surface area (Å²) >= 11 is 0. The zero-order chi connectivity index (χ0) is 12.1. The molecule has 0 unspecified atom stereocenters. The summed E-state index contributed by atoms with van der Waals surface area (Å²) in [6, 6.07) is 0. The molecule has 0 atom stereocenters. The molecule has 0 saturated heterocycles. The van der Waals surface area contributed by atoms with Crippen molar-refractivity contribution in [2.75, 3.05) is 13.2 Å². The minimum absolute atomic E-state index is 0.0113. The second-order valence-electron chi connectivity index (χ2n) is 2.99. The molecule has 0 saturated carbocycles. The van der Waals surface area contributed by atoms with E-state index in [1.807, 2.05) is 0 Å². The molecule has 6 heteroatoms. The molecule has 0 N–H and O–H groups in total. The summed E-state index contributed by atoms with van der Waals surface area (Å²) in [5, 5.41) is 0. The summed E-state index contributed by atoms with van der Waals surface area (Å²) < 4.78 is 11.1. The predicted molar refractivity (Wildman–Crippen MR) is 55.1 cm³/mol. The molecule has 88 valence electrons. The van der Waals surface area contributed by atoms with Crippen LogP contribution in [0, 0.1) is 0 Å². The molecule has 1 aromatic rings. The molecule has 0 spiro atoms. The first-order chi connectivity index (χ1) is 7.61. The number of aromatic nitrogens is 2. The predicted octanol–water partition coefficient (Wildman–Crippen LogP) is 0.773. The molecular formula is C10H14N2O4. The number of esters is 2. The van der Waals surface area contributed by atoms with Crippen LogP contribution in [0.2, 0.25) is 0 Å². The van der Waals surface area contributed by atoms with Crippen molar-refractivity contribution >= 4 is 11.9 Å². The lowest BCUT2D eigenvalue weighted by Crippen LogP contribution is -2.16. The van der Waals surface area contributed by atoms with E-state index in [-0.39, 0.29) is 24.6 Å². The zero-order valence-corrected chi connectivity index (χ0v) is 9.52. The quantitative estimate of drug-likeness (QED) is 0.709. The molecule has 0 aromatic carbocycles. The lowest BCUT2D eigenvalue weighted by molar-refractivity contribution is 0.0468. The second-order valence-corrected chi connectivity index (χ2v) is 2.99. The van der Waals surface area contributed by atoms with Gasteiger partial charge < -0.3 is 14.0 Å². The molecule has 0 amide bonds. The van der Waals surface area contributed by atoms with Crippen molar-refractivity contribution in [3.8, 4) is 0 Å². The van der Waals surface area contributed by atoms with E-state index in [0.717, 1.165) is 0 Å². The van der Waals surface area contributed by atoms with E-state index in [2.05, 4.69) is 4.98 Å². The highest BCUT2D eigenvalue weighted by molar-refractivity contribution is 6.00. The van der Waals surface area contributed by atoms with Gasteiger partial charge in [0.2, 0.25) is 0 Å². The van der Waals surface area contributed by atoms with E-state index in [1.54, 1.807) is 20.9 Å². The molecule has 0 aliphatic rings. The summed E-state index contributed by atoms with van der Waals surface area (Å²) in [5.41, 5.74) is 0.100. The number of ether oxygens (including phenoxy) is 2. The normalized spacial score (nSPS) is 9.94. The van der Waals surface area contributed by atoms with Gasteiger partial charge in [-0.2, -0.15) is 0 Å². The third-order valence-electron chi connectivity index (χ3n) is 1.87. The minimum atomic E-state index is -0.619. The summed E-state index contributed by atoms with van der Waals surface area (Å²) in [5.74, 6) is -1.20. The number of imidazole rings is 1. The van der Waals surface area contributed by atoms with Gasteiger partial charge in [-0.05, 0) is 13.8 Å². The van der Waals surface area contributed by atoms with Crippen molar-refractivity contribution in [1.82, 2.24) is 9.55 Å². The van der Waals surface area contributed by atoms with Gasteiger partial charge in [-0.3, -0.25) is 0 Å². The van der Waals surface area contributed by atoms with Crippen LogP contribution in [0.25, 0.3) is 0 Å². The Kier molecular flexibility index (Phi) is 4.04. The van der Waals surface area contributed by atoms with E-state index in [9.17, 15) is 9.59 Å². The maximum atomic E-state index is 11.6. The summed E-state index contributed by atoms with van der Waals surface area (Å²) in [6.07, 6.45) is 1.37. The van der Waals surface area contributed by atoms with Crippen molar-refractivity contribution in [3.63, 3.8) is 0 Å². The second kappa shape index (κ2) is 5.29. The Morgan fingerprint density at radius 3 is 2.38 bits per heavy atom. The van der Waals surface area contributed by atoms with Crippen molar-refractivity contribution in [2.45, 2.75) is 13.8 Å². The van der Waals surface area contributed by atoms with Crippen LogP contribution < -0.4 is 0 Å². The van der Waals surface area contributed by atoms with Crippen molar-refractivity contribution in [2.24, 2.45) is 7.05 Å². The van der Waals surface area contributed by atoms with Gasteiger partial charge in [0.15, 0.2) is 11.4 Å². The van der Waals surface area contributed by atoms with E-state index in [0.29, 0.717) is 0 Å². The standard InChI is InChI=1S/C10H14N2O4/c1-4-15-9(13)7-8(10(14)16-5-2)12(3)6-11-7/h6H,4-5H2,1-3H3. The third kappa shape index (κ3) is 2.39. The molecule has 1 heterocycles. The summed E-state index contributed by atoms with van der Waals surface area (Å²) in [4.78, 5) is 26.9. The fraction of sp³-hybridized carbons (Fsp3) is 0.500. The van der Waals surface area contributed by atoms with Crippen LogP contribution in [-0.2, 0) is 16.5 Å². The lowest BCUT2D eigenvalue weighted by Gasteiger charge is -2.04. The Morgan fingerprint density at radius 2 is 1.81 bits per heavy atom. The molecular weight excluding hydrogens is 212 g/mol. The molecule has 0 bridgehead atoms. The van der Waals surface area contributed by atoms with Crippen LogP contribution in [0.15, 0.2) is 6.33 Å². The summed E-state index contributed by atoms with van der Waals surface area (Å²) in [7, 11) is 1.61. The maximum Gasteiger partial charge on any atom is 0.359 e. The van der Waals surface area contributed by atoms with Gasteiger partial charge in [0.05, 0.1) is 19.5 Å². The smallest absolute Gasteiger partial charge is 0.359 e. The highest BCUT2D eigenvalue weighted by Crippen LogP contribution is 2.09. The largest absolute Gasteiger partial charge is 0.461 e.